The first-order valence-corrected chi connectivity index (χ1v) is 8.46. The van der Waals surface area contributed by atoms with E-state index in [4.69, 9.17) is 4.74 Å². The van der Waals surface area contributed by atoms with Gasteiger partial charge in [-0.3, -0.25) is 0 Å². The second kappa shape index (κ2) is 7.11. The highest BCUT2D eigenvalue weighted by Crippen LogP contribution is 2.38. The summed E-state index contributed by atoms with van der Waals surface area (Å²) in [6.07, 6.45) is -3.82. The Hall–Kier alpha value is -0.310. The van der Waals surface area contributed by atoms with Crippen molar-refractivity contribution < 1.29 is 17.9 Å². The summed E-state index contributed by atoms with van der Waals surface area (Å²) < 4.78 is 44.5. The zero-order chi connectivity index (χ0) is 14.6. The van der Waals surface area contributed by atoms with Gasteiger partial charge in [0.15, 0.2) is 5.69 Å². The SMILES string of the molecule is CCCNCc1sc(C2CSCCO2)nc1C(F)(F)F. The van der Waals surface area contributed by atoms with Crippen molar-refractivity contribution >= 4 is 23.1 Å². The van der Waals surface area contributed by atoms with E-state index in [0.717, 1.165) is 23.5 Å². The number of hydrogen-bond acceptors (Lipinski definition) is 5. The quantitative estimate of drug-likeness (QED) is 0.840. The van der Waals surface area contributed by atoms with Gasteiger partial charge in [-0.1, -0.05) is 6.92 Å². The summed E-state index contributed by atoms with van der Waals surface area (Å²) in [5, 5.41) is 3.45. The molecule has 20 heavy (non-hydrogen) atoms. The predicted octanol–water partition coefficient (Wildman–Crippen LogP) is 3.47. The molecular formula is C12H17F3N2OS2. The Morgan fingerprint density at radius 1 is 1.45 bits per heavy atom. The first-order chi connectivity index (χ1) is 9.52. The molecule has 2 rings (SSSR count). The molecule has 0 radical (unpaired) electrons. The maximum absolute atomic E-state index is 13.0. The Kier molecular flexibility index (Phi) is 5.71. The summed E-state index contributed by atoms with van der Waals surface area (Å²) in [7, 11) is 0. The Morgan fingerprint density at radius 2 is 2.25 bits per heavy atom. The first-order valence-electron chi connectivity index (χ1n) is 6.49. The number of hydrogen-bond donors (Lipinski definition) is 1. The lowest BCUT2D eigenvalue weighted by Gasteiger charge is -2.19. The van der Waals surface area contributed by atoms with Crippen LogP contribution in [0, 0.1) is 0 Å². The van der Waals surface area contributed by atoms with Gasteiger partial charge >= 0.3 is 6.18 Å². The zero-order valence-corrected chi connectivity index (χ0v) is 12.8. The number of thioether (sulfide) groups is 1. The molecule has 1 atom stereocenters. The number of halogens is 3. The van der Waals surface area contributed by atoms with Crippen LogP contribution in [0.1, 0.15) is 35.0 Å². The third-order valence-corrected chi connectivity index (χ3v) is 4.93. The lowest BCUT2D eigenvalue weighted by Crippen LogP contribution is -2.17. The van der Waals surface area contributed by atoms with Gasteiger partial charge in [0, 0.05) is 18.1 Å². The topological polar surface area (TPSA) is 34.1 Å². The van der Waals surface area contributed by atoms with Crippen LogP contribution in [0.2, 0.25) is 0 Å². The molecule has 0 saturated carbocycles. The van der Waals surface area contributed by atoms with Crippen LogP contribution in [0.15, 0.2) is 0 Å². The normalized spacial score (nSPS) is 20.3. The average Bonchev–Trinajstić information content (AvgIpc) is 2.84. The van der Waals surface area contributed by atoms with Crippen LogP contribution in [-0.2, 0) is 17.5 Å². The van der Waals surface area contributed by atoms with Crippen LogP contribution in [0.25, 0.3) is 0 Å². The average molecular weight is 326 g/mol. The van der Waals surface area contributed by atoms with Crippen LogP contribution >= 0.6 is 23.1 Å². The monoisotopic (exact) mass is 326 g/mol. The molecule has 0 amide bonds. The molecule has 0 aliphatic carbocycles. The number of aromatic nitrogens is 1. The second-order valence-electron chi connectivity index (χ2n) is 4.43. The minimum atomic E-state index is -4.40. The van der Waals surface area contributed by atoms with E-state index in [1.807, 2.05) is 6.92 Å². The smallest absolute Gasteiger partial charge is 0.369 e. The van der Waals surface area contributed by atoms with E-state index >= 15 is 0 Å². The van der Waals surface area contributed by atoms with Gasteiger partial charge in [0.2, 0.25) is 0 Å². The Labute approximate surface area is 124 Å². The van der Waals surface area contributed by atoms with Crippen molar-refractivity contribution in [3.8, 4) is 0 Å². The molecule has 1 saturated heterocycles. The summed E-state index contributed by atoms with van der Waals surface area (Å²) in [5.74, 6) is 1.56. The molecule has 1 N–H and O–H groups in total. The Balaban J connectivity index is 2.17. The molecule has 8 heteroatoms. The Morgan fingerprint density at radius 3 is 2.85 bits per heavy atom. The summed E-state index contributed by atoms with van der Waals surface area (Å²) in [6, 6.07) is 0. The maximum Gasteiger partial charge on any atom is 0.434 e. The second-order valence-corrected chi connectivity index (χ2v) is 6.70. The van der Waals surface area contributed by atoms with Gasteiger partial charge in [-0.15, -0.1) is 11.3 Å². The van der Waals surface area contributed by atoms with Crippen LogP contribution < -0.4 is 5.32 Å². The number of nitrogens with one attached hydrogen (secondary N) is 1. The molecule has 1 fully saturated rings. The molecule has 3 nitrogen and oxygen atoms in total. The molecule has 1 unspecified atom stereocenters. The lowest BCUT2D eigenvalue weighted by molar-refractivity contribution is -0.141. The van der Waals surface area contributed by atoms with Crippen LogP contribution in [-0.4, -0.2) is 29.6 Å². The van der Waals surface area contributed by atoms with Crippen molar-refractivity contribution in [1.82, 2.24) is 10.3 Å². The largest absolute Gasteiger partial charge is 0.434 e. The van der Waals surface area contributed by atoms with Crippen molar-refractivity contribution in [2.45, 2.75) is 32.2 Å². The minimum absolute atomic E-state index is 0.209. The fourth-order valence-electron chi connectivity index (χ4n) is 1.86. The van der Waals surface area contributed by atoms with E-state index < -0.39 is 11.9 Å². The van der Waals surface area contributed by atoms with Gasteiger partial charge in [0.05, 0.1) is 11.5 Å². The number of ether oxygens (including phenoxy) is 1. The first kappa shape index (κ1) is 16.1. The number of alkyl halides is 3. The summed E-state index contributed by atoms with van der Waals surface area (Å²) in [5.41, 5.74) is -0.764. The highest BCUT2D eigenvalue weighted by Gasteiger charge is 2.38. The molecule has 114 valence electrons. The van der Waals surface area contributed by atoms with Crippen molar-refractivity contribution in [3.05, 3.63) is 15.6 Å². The fraction of sp³-hybridized carbons (Fsp3) is 0.750. The molecule has 0 spiro atoms. The third-order valence-electron chi connectivity index (χ3n) is 2.79. The number of nitrogens with zero attached hydrogens (tertiary/aromatic N) is 1. The van der Waals surface area contributed by atoms with Crippen molar-refractivity contribution in [2.24, 2.45) is 0 Å². The molecule has 1 aromatic rings. The number of rotatable bonds is 5. The van der Waals surface area contributed by atoms with E-state index in [2.05, 4.69) is 10.3 Å². The van der Waals surface area contributed by atoms with Gasteiger partial charge < -0.3 is 10.1 Å². The van der Waals surface area contributed by atoms with Crippen molar-refractivity contribution in [2.75, 3.05) is 24.7 Å². The third kappa shape index (κ3) is 4.09. The van der Waals surface area contributed by atoms with Crippen LogP contribution in [0.4, 0.5) is 13.2 Å². The lowest BCUT2D eigenvalue weighted by atomic mass is 10.3. The molecule has 2 heterocycles. The molecule has 0 bridgehead atoms. The standard InChI is InChI=1S/C12H17F3N2OS2/c1-2-3-16-6-9-10(12(13,14)15)17-11(20-9)8-7-19-5-4-18-8/h8,16H,2-7H2,1H3. The summed E-state index contributed by atoms with van der Waals surface area (Å²) in [6.45, 7) is 3.45. The molecule has 0 aromatic carbocycles. The zero-order valence-electron chi connectivity index (χ0n) is 11.1. The van der Waals surface area contributed by atoms with Gasteiger partial charge in [-0.05, 0) is 13.0 Å². The highest BCUT2D eigenvalue weighted by molar-refractivity contribution is 7.99. The van der Waals surface area contributed by atoms with Gasteiger partial charge in [-0.2, -0.15) is 24.9 Å². The van der Waals surface area contributed by atoms with Crippen molar-refractivity contribution in [3.63, 3.8) is 0 Å². The minimum Gasteiger partial charge on any atom is -0.369 e. The van der Waals surface area contributed by atoms with E-state index in [0.29, 0.717) is 23.9 Å². The summed E-state index contributed by atoms with van der Waals surface area (Å²) in [4.78, 5) is 4.05. The van der Waals surface area contributed by atoms with Crippen LogP contribution in [0.5, 0.6) is 0 Å². The number of thiazole rings is 1. The Bertz CT molecular complexity index is 431. The van der Waals surface area contributed by atoms with Crippen molar-refractivity contribution in [1.29, 1.82) is 0 Å². The summed E-state index contributed by atoms with van der Waals surface area (Å²) >= 11 is 2.80. The van der Waals surface area contributed by atoms with E-state index in [-0.39, 0.29) is 17.5 Å². The van der Waals surface area contributed by atoms with E-state index in [1.165, 1.54) is 0 Å². The van der Waals surface area contributed by atoms with Crippen LogP contribution in [0.3, 0.4) is 0 Å². The van der Waals surface area contributed by atoms with E-state index in [9.17, 15) is 13.2 Å². The van der Waals surface area contributed by atoms with Gasteiger partial charge in [0.25, 0.3) is 0 Å². The molecule has 1 aliphatic rings. The van der Waals surface area contributed by atoms with E-state index in [1.54, 1.807) is 11.8 Å². The van der Waals surface area contributed by atoms with Gasteiger partial charge in [0.1, 0.15) is 11.1 Å². The molecule has 1 aromatic heterocycles. The predicted molar refractivity (Wildman–Crippen MR) is 75.1 cm³/mol. The molecular weight excluding hydrogens is 309 g/mol. The molecule has 1 aliphatic heterocycles. The highest BCUT2D eigenvalue weighted by atomic mass is 32.2. The maximum atomic E-state index is 13.0. The fourth-order valence-corrected chi connectivity index (χ4v) is 3.92. The van der Waals surface area contributed by atoms with Gasteiger partial charge in [-0.25, -0.2) is 4.98 Å².